The van der Waals surface area contributed by atoms with Gasteiger partial charge in [-0.3, -0.25) is 0 Å². The number of hydrogen-bond acceptors (Lipinski definition) is 4. The third-order valence-electron chi connectivity index (χ3n) is 5.11. The molecule has 0 spiro atoms. The normalized spacial score (nSPS) is 14.4. The first-order valence-electron chi connectivity index (χ1n) is 9.65. The maximum atomic E-state index is 5.05. The van der Waals surface area contributed by atoms with Gasteiger partial charge < -0.3 is 10.2 Å². The van der Waals surface area contributed by atoms with E-state index >= 15 is 0 Å². The second-order valence-corrected chi connectivity index (χ2v) is 7.20. The third-order valence-corrected chi connectivity index (χ3v) is 5.11. The number of piperazine rings is 1. The fraction of sp³-hybridized carbons (Fsp3) is 0.304. The Kier molecular flexibility index (Phi) is 5.16. The maximum absolute atomic E-state index is 5.05. The van der Waals surface area contributed by atoms with Crippen LogP contribution in [0.25, 0.3) is 11.4 Å². The van der Waals surface area contributed by atoms with E-state index < -0.39 is 0 Å². The molecule has 138 valence electrons. The number of nitrogens with one attached hydrogen (secondary N) is 1. The van der Waals surface area contributed by atoms with Crippen molar-refractivity contribution in [1.29, 1.82) is 0 Å². The molecular formula is C23H26N4. The van der Waals surface area contributed by atoms with Gasteiger partial charge >= 0.3 is 0 Å². The molecule has 1 fully saturated rings. The van der Waals surface area contributed by atoms with Gasteiger partial charge in [0.05, 0.1) is 0 Å². The monoisotopic (exact) mass is 358 g/mol. The summed E-state index contributed by atoms with van der Waals surface area (Å²) in [6, 6.07) is 19.0. The lowest BCUT2D eigenvalue weighted by atomic mass is 10.0. The molecule has 27 heavy (non-hydrogen) atoms. The van der Waals surface area contributed by atoms with Gasteiger partial charge in [-0.05, 0) is 25.5 Å². The van der Waals surface area contributed by atoms with Gasteiger partial charge in [0.15, 0.2) is 5.82 Å². The summed E-state index contributed by atoms with van der Waals surface area (Å²) < 4.78 is 0. The summed E-state index contributed by atoms with van der Waals surface area (Å²) in [5, 5.41) is 3.44. The zero-order chi connectivity index (χ0) is 18.6. The second kappa shape index (κ2) is 7.89. The first-order chi connectivity index (χ1) is 13.2. The van der Waals surface area contributed by atoms with E-state index in [-0.39, 0.29) is 0 Å². The van der Waals surface area contributed by atoms with Crippen molar-refractivity contribution in [1.82, 2.24) is 15.3 Å². The number of aromatic nitrogens is 2. The lowest BCUT2D eigenvalue weighted by Crippen LogP contribution is -2.44. The Morgan fingerprint density at radius 2 is 1.70 bits per heavy atom. The Morgan fingerprint density at radius 1 is 0.926 bits per heavy atom. The Bertz CT molecular complexity index is 915. The van der Waals surface area contributed by atoms with Crippen LogP contribution in [0.5, 0.6) is 0 Å². The predicted octanol–water partition coefficient (Wildman–Crippen LogP) is 3.76. The van der Waals surface area contributed by atoms with E-state index in [0.29, 0.717) is 0 Å². The van der Waals surface area contributed by atoms with Crippen LogP contribution in [0, 0.1) is 13.8 Å². The van der Waals surface area contributed by atoms with Crippen LogP contribution in [-0.2, 0) is 6.42 Å². The molecule has 0 radical (unpaired) electrons. The smallest absolute Gasteiger partial charge is 0.161 e. The average Bonchev–Trinajstić information content (AvgIpc) is 2.71. The minimum Gasteiger partial charge on any atom is -0.354 e. The quantitative estimate of drug-likeness (QED) is 0.771. The van der Waals surface area contributed by atoms with Crippen LogP contribution in [0.1, 0.15) is 22.4 Å². The van der Waals surface area contributed by atoms with E-state index in [4.69, 9.17) is 9.97 Å². The number of hydrogen-bond donors (Lipinski definition) is 1. The molecule has 0 unspecified atom stereocenters. The zero-order valence-corrected chi connectivity index (χ0v) is 16.1. The van der Waals surface area contributed by atoms with Crippen LogP contribution in [0.4, 0.5) is 5.82 Å². The number of rotatable bonds is 4. The Labute approximate surface area is 161 Å². The minimum absolute atomic E-state index is 0.821. The Morgan fingerprint density at radius 3 is 2.44 bits per heavy atom. The van der Waals surface area contributed by atoms with Gasteiger partial charge in [-0.15, -0.1) is 0 Å². The van der Waals surface area contributed by atoms with Crippen molar-refractivity contribution in [2.45, 2.75) is 20.3 Å². The second-order valence-electron chi connectivity index (χ2n) is 7.20. The summed E-state index contributed by atoms with van der Waals surface area (Å²) in [6.45, 7) is 8.17. The van der Waals surface area contributed by atoms with Crippen LogP contribution in [0.15, 0.2) is 54.6 Å². The molecule has 2 heterocycles. The van der Waals surface area contributed by atoms with Crippen molar-refractivity contribution in [3.05, 3.63) is 77.0 Å². The summed E-state index contributed by atoms with van der Waals surface area (Å²) in [7, 11) is 0. The molecule has 4 rings (SSSR count). The average molecular weight is 358 g/mol. The van der Waals surface area contributed by atoms with Gasteiger partial charge in [-0.25, -0.2) is 9.97 Å². The van der Waals surface area contributed by atoms with Crippen LogP contribution < -0.4 is 10.2 Å². The summed E-state index contributed by atoms with van der Waals surface area (Å²) in [5.41, 5.74) is 5.91. The van der Waals surface area contributed by atoms with Crippen LogP contribution in [0.3, 0.4) is 0 Å². The van der Waals surface area contributed by atoms with Gasteiger partial charge in [0.25, 0.3) is 0 Å². The SMILES string of the molecule is Cc1cccc(-c2nc(C)c(Cc3ccccc3)c(N3CCNCC3)n2)c1. The van der Waals surface area contributed by atoms with Gasteiger partial charge in [0.2, 0.25) is 0 Å². The number of anilines is 1. The minimum atomic E-state index is 0.821. The molecule has 1 saturated heterocycles. The van der Waals surface area contributed by atoms with Crippen LogP contribution >= 0.6 is 0 Å². The number of aryl methyl sites for hydroxylation is 2. The molecule has 0 amide bonds. The summed E-state index contributed by atoms with van der Waals surface area (Å²) >= 11 is 0. The van der Waals surface area contributed by atoms with Gasteiger partial charge in [0.1, 0.15) is 5.82 Å². The molecule has 0 atom stereocenters. The molecule has 3 aromatic rings. The van der Waals surface area contributed by atoms with Crippen molar-refractivity contribution in [2.24, 2.45) is 0 Å². The highest BCUT2D eigenvalue weighted by Crippen LogP contribution is 2.28. The highest BCUT2D eigenvalue weighted by molar-refractivity contribution is 5.62. The molecule has 0 bridgehead atoms. The molecular weight excluding hydrogens is 332 g/mol. The molecule has 2 aromatic carbocycles. The summed E-state index contributed by atoms with van der Waals surface area (Å²) in [4.78, 5) is 12.3. The topological polar surface area (TPSA) is 41.1 Å². The van der Waals surface area contributed by atoms with Gasteiger partial charge in [-0.1, -0.05) is 54.1 Å². The van der Waals surface area contributed by atoms with Gasteiger partial charge in [-0.2, -0.15) is 0 Å². The van der Waals surface area contributed by atoms with Crippen molar-refractivity contribution in [3.63, 3.8) is 0 Å². The highest BCUT2D eigenvalue weighted by atomic mass is 15.2. The maximum Gasteiger partial charge on any atom is 0.161 e. The molecule has 0 saturated carbocycles. The van der Waals surface area contributed by atoms with E-state index in [0.717, 1.165) is 55.5 Å². The number of benzene rings is 2. The molecule has 1 aliphatic rings. The Balaban J connectivity index is 1.79. The molecule has 0 aliphatic carbocycles. The standard InChI is InChI=1S/C23H26N4/c1-17-7-6-10-20(15-17)22-25-18(2)21(16-19-8-4-3-5-9-19)23(26-22)27-13-11-24-12-14-27/h3-10,15,24H,11-14,16H2,1-2H3. The van der Waals surface area contributed by atoms with Crippen molar-refractivity contribution in [2.75, 3.05) is 31.1 Å². The lowest BCUT2D eigenvalue weighted by Gasteiger charge is -2.31. The van der Waals surface area contributed by atoms with Crippen LogP contribution in [-0.4, -0.2) is 36.1 Å². The molecule has 1 aliphatic heterocycles. The van der Waals surface area contributed by atoms with E-state index in [1.54, 1.807) is 0 Å². The molecule has 4 heteroatoms. The van der Waals surface area contributed by atoms with Crippen LogP contribution in [0.2, 0.25) is 0 Å². The first-order valence-corrected chi connectivity index (χ1v) is 9.65. The van der Waals surface area contributed by atoms with Crippen molar-refractivity contribution < 1.29 is 0 Å². The Hall–Kier alpha value is -2.72. The van der Waals surface area contributed by atoms with Crippen molar-refractivity contribution in [3.8, 4) is 11.4 Å². The molecule has 4 nitrogen and oxygen atoms in total. The molecule has 1 aromatic heterocycles. The highest BCUT2D eigenvalue weighted by Gasteiger charge is 2.20. The fourth-order valence-corrected chi connectivity index (χ4v) is 3.64. The van der Waals surface area contributed by atoms with E-state index in [1.165, 1.54) is 16.7 Å². The summed E-state index contributed by atoms with van der Waals surface area (Å²) in [5.74, 6) is 1.91. The van der Waals surface area contributed by atoms with E-state index in [9.17, 15) is 0 Å². The fourth-order valence-electron chi connectivity index (χ4n) is 3.64. The number of nitrogens with zero attached hydrogens (tertiary/aromatic N) is 3. The largest absolute Gasteiger partial charge is 0.354 e. The lowest BCUT2D eigenvalue weighted by molar-refractivity contribution is 0.583. The first kappa shape index (κ1) is 17.7. The zero-order valence-electron chi connectivity index (χ0n) is 16.1. The predicted molar refractivity (Wildman–Crippen MR) is 111 cm³/mol. The van der Waals surface area contributed by atoms with Crippen molar-refractivity contribution >= 4 is 5.82 Å². The van der Waals surface area contributed by atoms with Gasteiger partial charge in [0, 0.05) is 49.4 Å². The van der Waals surface area contributed by atoms with E-state index in [1.807, 2.05) is 0 Å². The third kappa shape index (κ3) is 4.01. The van der Waals surface area contributed by atoms with E-state index in [2.05, 4.69) is 78.7 Å². The molecule has 1 N–H and O–H groups in total. The summed E-state index contributed by atoms with van der Waals surface area (Å²) in [6.07, 6.45) is 0.861.